The van der Waals surface area contributed by atoms with Crippen molar-refractivity contribution in [1.82, 2.24) is 10.3 Å². The maximum atomic E-state index is 12.0. The second-order valence-electron chi connectivity index (χ2n) is 4.68. The number of benzene rings is 1. The van der Waals surface area contributed by atoms with E-state index in [-0.39, 0.29) is 5.91 Å². The van der Waals surface area contributed by atoms with E-state index in [0.29, 0.717) is 25.2 Å². The smallest absolute Gasteiger partial charge is 0.270 e. The molecule has 0 unspecified atom stereocenters. The number of hydrogen-bond donors (Lipinski definition) is 2. The molecule has 0 bridgehead atoms. The number of nitrogens with two attached hydrogens (primary N) is 1. The van der Waals surface area contributed by atoms with Crippen LogP contribution in [0.15, 0.2) is 35.7 Å². The topological polar surface area (TPSA) is 71.2 Å². The van der Waals surface area contributed by atoms with E-state index in [2.05, 4.69) is 15.2 Å². The molecule has 1 aromatic heterocycles. The highest BCUT2D eigenvalue weighted by Gasteiger charge is 2.10. The lowest BCUT2D eigenvalue weighted by Crippen LogP contribution is -2.33. The van der Waals surface area contributed by atoms with Crippen LogP contribution in [0.5, 0.6) is 0 Å². The van der Waals surface area contributed by atoms with Crippen LogP contribution in [0.25, 0.3) is 0 Å². The van der Waals surface area contributed by atoms with Gasteiger partial charge in [0.25, 0.3) is 5.91 Å². The number of likely N-dealkylation sites (N-methyl/N-ethyl adjacent to an activating group) is 1. The number of para-hydroxylation sites is 1. The number of nitrogens with one attached hydrogen (secondary N) is 1. The molecule has 1 amide bonds. The third-order valence-corrected chi connectivity index (χ3v) is 3.98. The summed E-state index contributed by atoms with van der Waals surface area (Å²) in [6.45, 7) is 1.87. The number of anilines is 1. The van der Waals surface area contributed by atoms with Crippen LogP contribution >= 0.6 is 11.3 Å². The highest BCUT2D eigenvalue weighted by atomic mass is 32.1. The zero-order valence-electron chi connectivity index (χ0n) is 12.1. The monoisotopic (exact) mass is 304 g/mol. The molecule has 0 radical (unpaired) electrons. The third kappa shape index (κ3) is 4.54. The number of carbonyl (C=O) groups is 1. The average Bonchev–Trinajstić information content (AvgIpc) is 2.97. The standard InChI is InChI=1S/C15H20N4OS/c1-19(12-5-3-2-4-6-12)10-9-17-15(20)13-11-21-14(18-13)7-8-16/h2-6,11H,7-10,16H2,1H3,(H,17,20). The molecular formula is C15H20N4OS. The van der Waals surface area contributed by atoms with Gasteiger partial charge in [-0.15, -0.1) is 11.3 Å². The van der Waals surface area contributed by atoms with Gasteiger partial charge in [-0.2, -0.15) is 0 Å². The minimum absolute atomic E-state index is 0.129. The predicted octanol–water partition coefficient (Wildman–Crippen LogP) is 1.51. The molecule has 0 atom stereocenters. The molecule has 0 spiro atoms. The molecule has 1 heterocycles. The number of amides is 1. The molecule has 0 aliphatic carbocycles. The molecule has 112 valence electrons. The molecule has 0 fully saturated rings. The van der Waals surface area contributed by atoms with Crippen LogP contribution in [0.1, 0.15) is 15.5 Å². The van der Waals surface area contributed by atoms with Crippen molar-refractivity contribution >= 4 is 22.9 Å². The summed E-state index contributed by atoms with van der Waals surface area (Å²) in [7, 11) is 2.00. The zero-order valence-corrected chi connectivity index (χ0v) is 12.9. The summed E-state index contributed by atoms with van der Waals surface area (Å²) in [5, 5.41) is 5.57. The Morgan fingerprint density at radius 3 is 2.86 bits per heavy atom. The molecule has 2 aromatic rings. The lowest BCUT2D eigenvalue weighted by atomic mass is 10.3. The first-order valence-electron chi connectivity index (χ1n) is 6.89. The Morgan fingerprint density at radius 2 is 2.14 bits per heavy atom. The fraction of sp³-hybridized carbons (Fsp3) is 0.333. The van der Waals surface area contributed by atoms with Gasteiger partial charge in [0.15, 0.2) is 0 Å². The Morgan fingerprint density at radius 1 is 1.38 bits per heavy atom. The summed E-state index contributed by atoms with van der Waals surface area (Å²) >= 11 is 1.48. The SMILES string of the molecule is CN(CCNC(=O)c1csc(CCN)n1)c1ccccc1. The first kappa shape index (κ1) is 15.5. The molecule has 0 aliphatic heterocycles. The van der Waals surface area contributed by atoms with Crippen LogP contribution < -0.4 is 16.0 Å². The summed E-state index contributed by atoms with van der Waals surface area (Å²) in [5.41, 5.74) is 7.08. The maximum Gasteiger partial charge on any atom is 0.270 e. The van der Waals surface area contributed by atoms with E-state index in [1.807, 2.05) is 37.4 Å². The second kappa shape index (κ2) is 7.75. The molecule has 1 aromatic carbocycles. The molecular weight excluding hydrogens is 284 g/mol. The lowest BCUT2D eigenvalue weighted by Gasteiger charge is -2.19. The highest BCUT2D eigenvalue weighted by molar-refractivity contribution is 7.09. The first-order valence-corrected chi connectivity index (χ1v) is 7.77. The number of nitrogens with zero attached hydrogens (tertiary/aromatic N) is 2. The van der Waals surface area contributed by atoms with Crippen LogP contribution in [0, 0.1) is 0 Å². The molecule has 5 nitrogen and oxygen atoms in total. The Hall–Kier alpha value is -1.92. The predicted molar refractivity (Wildman–Crippen MR) is 86.9 cm³/mol. The Bertz CT molecular complexity index is 570. The van der Waals surface area contributed by atoms with Gasteiger partial charge in [0.2, 0.25) is 0 Å². The molecule has 21 heavy (non-hydrogen) atoms. The van der Waals surface area contributed by atoms with Crippen molar-refractivity contribution < 1.29 is 4.79 Å². The summed E-state index contributed by atoms with van der Waals surface area (Å²) < 4.78 is 0. The maximum absolute atomic E-state index is 12.0. The van der Waals surface area contributed by atoms with E-state index in [0.717, 1.165) is 17.2 Å². The Kier molecular flexibility index (Phi) is 5.71. The number of hydrogen-bond acceptors (Lipinski definition) is 5. The summed E-state index contributed by atoms with van der Waals surface area (Å²) in [6, 6.07) is 10.1. The van der Waals surface area contributed by atoms with Crippen molar-refractivity contribution in [2.45, 2.75) is 6.42 Å². The molecule has 0 saturated heterocycles. The Labute approximate surface area is 128 Å². The van der Waals surface area contributed by atoms with Gasteiger partial charge < -0.3 is 16.0 Å². The van der Waals surface area contributed by atoms with Gasteiger partial charge in [-0.1, -0.05) is 18.2 Å². The van der Waals surface area contributed by atoms with E-state index in [9.17, 15) is 4.79 Å². The van der Waals surface area contributed by atoms with E-state index in [1.54, 1.807) is 5.38 Å². The van der Waals surface area contributed by atoms with Crippen molar-refractivity contribution in [3.05, 3.63) is 46.4 Å². The van der Waals surface area contributed by atoms with Gasteiger partial charge in [-0.3, -0.25) is 4.79 Å². The van der Waals surface area contributed by atoms with Crippen LogP contribution in [0.4, 0.5) is 5.69 Å². The number of thiazole rings is 1. The minimum atomic E-state index is -0.129. The van der Waals surface area contributed by atoms with Crippen LogP contribution in [-0.2, 0) is 6.42 Å². The fourth-order valence-corrected chi connectivity index (χ4v) is 2.69. The van der Waals surface area contributed by atoms with Crippen molar-refractivity contribution in [3.8, 4) is 0 Å². The van der Waals surface area contributed by atoms with Crippen LogP contribution in [-0.4, -0.2) is 37.6 Å². The first-order chi connectivity index (χ1) is 10.2. The molecule has 2 rings (SSSR count). The van der Waals surface area contributed by atoms with E-state index < -0.39 is 0 Å². The number of rotatable bonds is 7. The van der Waals surface area contributed by atoms with Gasteiger partial charge in [0.05, 0.1) is 5.01 Å². The normalized spacial score (nSPS) is 10.4. The average molecular weight is 304 g/mol. The van der Waals surface area contributed by atoms with Crippen molar-refractivity contribution in [2.75, 3.05) is 31.6 Å². The lowest BCUT2D eigenvalue weighted by molar-refractivity contribution is 0.0950. The fourth-order valence-electron chi connectivity index (χ4n) is 1.89. The van der Waals surface area contributed by atoms with Gasteiger partial charge in [-0.05, 0) is 18.7 Å². The third-order valence-electron chi connectivity index (χ3n) is 3.07. The largest absolute Gasteiger partial charge is 0.373 e. The van der Waals surface area contributed by atoms with Crippen molar-refractivity contribution in [2.24, 2.45) is 5.73 Å². The van der Waals surface area contributed by atoms with E-state index in [4.69, 9.17) is 5.73 Å². The number of carbonyl (C=O) groups excluding carboxylic acids is 1. The van der Waals surface area contributed by atoms with Gasteiger partial charge in [0.1, 0.15) is 5.69 Å². The van der Waals surface area contributed by atoms with E-state index in [1.165, 1.54) is 11.3 Å². The molecule has 0 saturated carbocycles. The van der Waals surface area contributed by atoms with Crippen molar-refractivity contribution in [1.29, 1.82) is 0 Å². The second-order valence-corrected chi connectivity index (χ2v) is 5.62. The molecule has 0 aliphatic rings. The van der Waals surface area contributed by atoms with Gasteiger partial charge in [-0.25, -0.2) is 4.98 Å². The molecule has 6 heteroatoms. The summed E-state index contributed by atoms with van der Waals surface area (Å²) in [4.78, 5) is 18.3. The Balaban J connectivity index is 1.78. The van der Waals surface area contributed by atoms with Gasteiger partial charge >= 0.3 is 0 Å². The van der Waals surface area contributed by atoms with Gasteiger partial charge in [0, 0.05) is 37.6 Å². The van der Waals surface area contributed by atoms with Crippen LogP contribution in [0.3, 0.4) is 0 Å². The van der Waals surface area contributed by atoms with Crippen molar-refractivity contribution in [3.63, 3.8) is 0 Å². The summed E-state index contributed by atoms with van der Waals surface area (Å²) in [6.07, 6.45) is 0.717. The summed E-state index contributed by atoms with van der Waals surface area (Å²) in [5.74, 6) is -0.129. The minimum Gasteiger partial charge on any atom is -0.373 e. The number of aromatic nitrogens is 1. The highest BCUT2D eigenvalue weighted by Crippen LogP contribution is 2.11. The van der Waals surface area contributed by atoms with Crippen LogP contribution in [0.2, 0.25) is 0 Å². The molecule has 3 N–H and O–H groups in total. The quantitative estimate of drug-likeness (QED) is 0.813. The zero-order chi connectivity index (χ0) is 15.1. The van der Waals surface area contributed by atoms with E-state index >= 15 is 0 Å².